The number of nitrogens with zero attached hydrogens (tertiary/aromatic N) is 2. The summed E-state index contributed by atoms with van der Waals surface area (Å²) in [6.07, 6.45) is 1.42. The summed E-state index contributed by atoms with van der Waals surface area (Å²) in [5.74, 6) is -1.64. The summed E-state index contributed by atoms with van der Waals surface area (Å²) in [4.78, 5) is 25.9. The van der Waals surface area contributed by atoms with Crippen LogP contribution in [0.5, 0.6) is 17.2 Å². The first-order valence-corrected chi connectivity index (χ1v) is 11.3. The van der Waals surface area contributed by atoms with E-state index in [0.29, 0.717) is 22.7 Å². The Morgan fingerprint density at radius 1 is 1.00 bits per heavy atom. The summed E-state index contributed by atoms with van der Waals surface area (Å²) in [5.41, 5.74) is 0.576. The molecule has 0 aliphatic rings. The van der Waals surface area contributed by atoms with Crippen molar-refractivity contribution in [3.63, 3.8) is 0 Å². The number of benzene rings is 3. The zero-order valence-corrected chi connectivity index (χ0v) is 19.8. The number of ether oxygens (including phenoxy) is 1. The van der Waals surface area contributed by atoms with Crippen LogP contribution >= 0.6 is 0 Å². The van der Waals surface area contributed by atoms with Crippen molar-refractivity contribution in [1.82, 2.24) is 9.72 Å². The van der Waals surface area contributed by atoms with E-state index < -0.39 is 23.1 Å². The van der Waals surface area contributed by atoms with Crippen LogP contribution in [0, 0.1) is 18.6 Å². The van der Waals surface area contributed by atoms with E-state index in [4.69, 9.17) is 9.26 Å². The Kier molecular flexibility index (Phi) is 6.44. The standard InChI is InChI=1S/C28H19F2N3O5/c1-16-2-9-21(28(36)33(16)19-6-3-17(29)4-7-19)27(35)32-18-5-11-26(23(30)14-18)37-20-8-10-24(34)22(15-20)25-12-13-31-38-25/h2-15,34H,1H3,(H,32,35). The lowest BCUT2D eigenvalue weighted by Gasteiger charge is -2.13. The quantitative estimate of drug-likeness (QED) is 0.295. The van der Waals surface area contributed by atoms with Gasteiger partial charge in [0.1, 0.15) is 22.9 Å². The van der Waals surface area contributed by atoms with Gasteiger partial charge in [-0.2, -0.15) is 0 Å². The number of phenols is 1. The second-order valence-electron chi connectivity index (χ2n) is 8.26. The normalized spacial score (nSPS) is 10.8. The van der Waals surface area contributed by atoms with Crippen molar-refractivity contribution in [2.24, 2.45) is 0 Å². The smallest absolute Gasteiger partial charge is 0.268 e. The van der Waals surface area contributed by atoms with Crippen molar-refractivity contribution in [2.45, 2.75) is 6.92 Å². The number of aryl methyl sites for hydroxylation is 1. The Labute approximate surface area is 214 Å². The number of phenolic OH excluding ortho intramolecular Hbond substituents is 1. The topological polar surface area (TPSA) is 107 Å². The van der Waals surface area contributed by atoms with Crippen LogP contribution < -0.4 is 15.6 Å². The molecule has 5 aromatic rings. The number of aromatic hydroxyl groups is 1. The third-order valence-corrected chi connectivity index (χ3v) is 5.70. The molecule has 2 heterocycles. The highest BCUT2D eigenvalue weighted by molar-refractivity contribution is 6.04. The van der Waals surface area contributed by atoms with E-state index in [1.54, 1.807) is 19.1 Å². The highest BCUT2D eigenvalue weighted by Gasteiger charge is 2.17. The van der Waals surface area contributed by atoms with Crippen LogP contribution in [-0.4, -0.2) is 20.7 Å². The molecular formula is C28H19F2N3O5. The Hall–Kier alpha value is -5.25. The molecule has 0 atom stereocenters. The zero-order chi connectivity index (χ0) is 26.8. The molecule has 8 nitrogen and oxygen atoms in total. The Morgan fingerprint density at radius 2 is 1.79 bits per heavy atom. The summed E-state index contributed by atoms with van der Waals surface area (Å²) in [7, 11) is 0. The molecule has 5 rings (SSSR count). The van der Waals surface area contributed by atoms with Crippen LogP contribution in [0.1, 0.15) is 16.1 Å². The zero-order valence-electron chi connectivity index (χ0n) is 19.8. The number of amides is 1. The first-order chi connectivity index (χ1) is 18.3. The molecule has 190 valence electrons. The van der Waals surface area contributed by atoms with Gasteiger partial charge in [-0.05, 0) is 73.7 Å². The number of carbonyl (C=O) groups excluding carboxylic acids is 1. The number of rotatable bonds is 6. The van der Waals surface area contributed by atoms with Gasteiger partial charge >= 0.3 is 0 Å². The van der Waals surface area contributed by atoms with Gasteiger partial charge in [-0.3, -0.25) is 14.2 Å². The van der Waals surface area contributed by atoms with E-state index >= 15 is 0 Å². The summed E-state index contributed by atoms with van der Waals surface area (Å²) in [6.45, 7) is 1.68. The van der Waals surface area contributed by atoms with Gasteiger partial charge in [0.2, 0.25) is 0 Å². The number of halogens is 2. The number of hydrogen-bond acceptors (Lipinski definition) is 6. The van der Waals surface area contributed by atoms with E-state index in [1.165, 1.54) is 71.4 Å². The van der Waals surface area contributed by atoms with Gasteiger partial charge in [0.05, 0.1) is 11.8 Å². The van der Waals surface area contributed by atoms with Gasteiger partial charge in [0.25, 0.3) is 11.5 Å². The first-order valence-electron chi connectivity index (χ1n) is 11.3. The maximum absolute atomic E-state index is 14.8. The molecule has 0 aliphatic carbocycles. The second-order valence-corrected chi connectivity index (χ2v) is 8.26. The van der Waals surface area contributed by atoms with Gasteiger partial charge in [-0.1, -0.05) is 5.16 Å². The molecule has 0 aliphatic heterocycles. The minimum Gasteiger partial charge on any atom is -0.507 e. The number of anilines is 1. The minimum atomic E-state index is -0.773. The summed E-state index contributed by atoms with van der Waals surface area (Å²) in [6, 6.07) is 17.9. The molecule has 38 heavy (non-hydrogen) atoms. The monoisotopic (exact) mass is 515 g/mol. The first kappa shape index (κ1) is 24.4. The molecule has 0 bridgehead atoms. The summed E-state index contributed by atoms with van der Waals surface area (Å²) < 4.78 is 40.1. The number of aromatic nitrogens is 2. The second kappa shape index (κ2) is 10.0. The van der Waals surface area contributed by atoms with Gasteiger partial charge in [0.15, 0.2) is 17.3 Å². The molecule has 0 saturated heterocycles. The number of nitrogens with one attached hydrogen (secondary N) is 1. The number of carbonyl (C=O) groups is 1. The third-order valence-electron chi connectivity index (χ3n) is 5.70. The molecule has 2 N–H and O–H groups in total. The van der Waals surface area contributed by atoms with Crippen molar-refractivity contribution in [2.75, 3.05) is 5.32 Å². The van der Waals surface area contributed by atoms with Crippen LogP contribution in [-0.2, 0) is 0 Å². The van der Waals surface area contributed by atoms with Crippen molar-refractivity contribution in [3.05, 3.63) is 118 Å². The molecule has 0 spiro atoms. The number of pyridine rings is 1. The van der Waals surface area contributed by atoms with Crippen molar-refractivity contribution in [1.29, 1.82) is 0 Å². The highest BCUT2D eigenvalue weighted by Crippen LogP contribution is 2.35. The third kappa shape index (κ3) is 4.87. The van der Waals surface area contributed by atoms with Crippen LogP contribution in [0.15, 0.2) is 94.4 Å². The Morgan fingerprint density at radius 3 is 2.50 bits per heavy atom. The summed E-state index contributed by atoms with van der Waals surface area (Å²) >= 11 is 0. The SMILES string of the molecule is Cc1ccc(C(=O)Nc2ccc(Oc3ccc(O)c(-c4ccno4)c3)c(F)c2)c(=O)n1-c1ccc(F)cc1. The van der Waals surface area contributed by atoms with Gasteiger partial charge in [-0.15, -0.1) is 0 Å². The van der Waals surface area contributed by atoms with Gasteiger partial charge in [-0.25, -0.2) is 8.78 Å². The number of hydrogen-bond donors (Lipinski definition) is 2. The maximum atomic E-state index is 14.8. The molecule has 0 unspecified atom stereocenters. The van der Waals surface area contributed by atoms with Gasteiger partial charge in [0, 0.05) is 29.2 Å². The predicted molar refractivity (Wildman–Crippen MR) is 135 cm³/mol. The van der Waals surface area contributed by atoms with Crippen LogP contribution in [0.3, 0.4) is 0 Å². The van der Waals surface area contributed by atoms with E-state index in [-0.39, 0.29) is 28.5 Å². The fraction of sp³-hybridized carbons (Fsp3) is 0.0357. The van der Waals surface area contributed by atoms with E-state index in [2.05, 4.69) is 10.5 Å². The molecule has 0 radical (unpaired) electrons. The molecule has 0 saturated carbocycles. The Balaban J connectivity index is 1.36. The van der Waals surface area contributed by atoms with Crippen LogP contribution in [0.2, 0.25) is 0 Å². The lowest BCUT2D eigenvalue weighted by atomic mass is 10.1. The maximum Gasteiger partial charge on any atom is 0.268 e. The average Bonchev–Trinajstić information content (AvgIpc) is 3.43. The lowest BCUT2D eigenvalue weighted by molar-refractivity contribution is 0.102. The van der Waals surface area contributed by atoms with Crippen molar-refractivity contribution in [3.8, 4) is 34.3 Å². The molecule has 10 heteroatoms. The molecule has 0 fully saturated rings. The predicted octanol–water partition coefficient (Wildman–Crippen LogP) is 5.83. The molecule has 3 aromatic carbocycles. The molecule has 2 aromatic heterocycles. The van der Waals surface area contributed by atoms with Gasteiger partial charge < -0.3 is 19.7 Å². The minimum absolute atomic E-state index is 0.0674. The average molecular weight is 515 g/mol. The highest BCUT2D eigenvalue weighted by atomic mass is 19.1. The largest absolute Gasteiger partial charge is 0.507 e. The summed E-state index contributed by atoms with van der Waals surface area (Å²) in [5, 5.41) is 16.2. The lowest BCUT2D eigenvalue weighted by Crippen LogP contribution is -2.29. The van der Waals surface area contributed by atoms with Crippen molar-refractivity contribution >= 4 is 11.6 Å². The van der Waals surface area contributed by atoms with E-state index in [0.717, 1.165) is 6.07 Å². The van der Waals surface area contributed by atoms with Crippen LogP contribution in [0.25, 0.3) is 17.0 Å². The Bertz CT molecular complexity index is 1700. The molecule has 1 amide bonds. The van der Waals surface area contributed by atoms with Crippen molar-refractivity contribution < 1.29 is 27.9 Å². The van der Waals surface area contributed by atoms with E-state index in [9.17, 15) is 23.5 Å². The van der Waals surface area contributed by atoms with Crippen LogP contribution in [0.4, 0.5) is 14.5 Å². The fourth-order valence-corrected chi connectivity index (χ4v) is 3.83. The fourth-order valence-electron chi connectivity index (χ4n) is 3.83. The molecular weight excluding hydrogens is 496 g/mol. The van der Waals surface area contributed by atoms with E-state index in [1.807, 2.05) is 0 Å².